The predicted octanol–water partition coefficient (Wildman–Crippen LogP) is 4.57. The molecule has 1 heterocycles. The van der Waals surface area contributed by atoms with E-state index in [1.807, 2.05) is 11.4 Å². The van der Waals surface area contributed by atoms with E-state index < -0.39 is 0 Å². The quantitative estimate of drug-likeness (QED) is 0.781. The largest absolute Gasteiger partial charge is 0.313 e. The van der Waals surface area contributed by atoms with E-state index >= 15 is 0 Å². The molecule has 3 heteroatoms. The van der Waals surface area contributed by atoms with Crippen LogP contribution in [0.4, 0.5) is 0 Å². The van der Waals surface area contributed by atoms with Gasteiger partial charge >= 0.3 is 0 Å². The predicted molar refractivity (Wildman–Crippen MR) is 76.8 cm³/mol. The Hall–Kier alpha value is -0.830. The normalized spacial score (nSPS) is 10.7. The summed E-state index contributed by atoms with van der Waals surface area (Å²) in [4.78, 5) is 1.16. The highest BCUT2D eigenvalue weighted by atomic mass is 35.5. The summed E-state index contributed by atoms with van der Waals surface area (Å²) < 4.78 is 0. The highest BCUT2D eigenvalue weighted by Gasteiger charge is 2.05. The summed E-state index contributed by atoms with van der Waals surface area (Å²) in [6, 6.07) is 10.5. The highest BCUT2D eigenvalue weighted by Crippen LogP contribution is 2.33. The average molecular weight is 266 g/mol. The molecule has 0 bridgehead atoms. The van der Waals surface area contributed by atoms with Crippen LogP contribution in [0.25, 0.3) is 10.4 Å². The van der Waals surface area contributed by atoms with E-state index in [-0.39, 0.29) is 0 Å². The number of benzene rings is 1. The number of rotatable bonds is 5. The summed E-state index contributed by atoms with van der Waals surface area (Å²) in [6.07, 6.45) is 1.16. The molecule has 17 heavy (non-hydrogen) atoms. The van der Waals surface area contributed by atoms with E-state index in [1.165, 1.54) is 11.1 Å². The lowest BCUT2D eigenvalue weighted by atomic mass is 10.1. The molecule has 0 aliphatic carbocycles. The third-order valence-corrected chi connectivity index (χ3v) is 3.95. The van der Waals surface area contributed by atoms with Crippen LogP contribution in [0.2, 0.25) is 5.02 Å². The van der Waals surface area contributed by atoms with E-state index in [4.69, 9.17) is 11.6 Å². The van der Waals surface area contributed by atoms with Gasteiger partial charge in [0, 0.05) is 6.54 Å². The van der Waals surface area contributed by atoms with E-state index in [1.54, 1.807) is 11.3 Å². The molecule has 0 amide bonds. The molecule has 0 fully saturated rings. The van der Waals surface area contributed by atoms with Gasteiger partial charge in [-0.05, 0) is 41.6 Å². The highest BCUT2D eigenvalue weighted by molar-refractivity contribution is 7.14. The van der Waals surface area contributed by atoms with Gasteiger partial charge in [-0.2, -0.15) is 0 Å². The topological polar surface area (TPSA) is 12.0 Å². The van der Waals surface area contributed by atoms with Crippen molar-refractivity contribution in [2.45, 2.75) is 19.9 Å². The Morgan fingerprint density at radius 1 is 1.29 bits per heavy atom. The number of nitrogens with one attached hydrogen (secondary N) is 1. The first-order valence-corrected chi connectivity index (χ1v) is 7.10. The van der Waals surface area contributed by atoms with Crippen LogP contribution in [-0.4, -0.2) is 6.54 Å². The number of halogens is 1. The summed E-state index contributed by atoms with van der Waals surface area (Å²) in [5.41, 5.74) is 2.52. The Morgan fingerprint density at radius 2 is 2.18 bits per heavy atom. The first kappa shape index (κ1) is 12.6. The SMILES string of the molecule is CCCNCc1cccc(-c2sccc2Cl)c1. The van der Waals surface area contributed by atoms with Crippen LogP contribution >= 0.6 is 22.9 Å². The van der Waals surface area contributed by atoms with Crippen molar-refractivity contribution in [1.82, 2.24) is 5.32 Å². The maximum absolute atomic E-state index is 6.15. The van der Waals surface area contributed by atoms with Crippen LogP contribution < -0.4 is 5.32 Å². The minimum atomic E-state index is 0.841. The lowest BCUT2D eigenvalue weighted by Crippen LogP contribution is -2.13. The Balaban J connectivity index is 2.14. The standard InChI is InChI=1S/C14H16ClNS/c1-2-7-16-10-11-4-3-5-12(9-11)14-13(15)6-8-17-14/h3-6,8-9,16H,2,7,10H2,1H3. The van der Waals surface area contributed by atoms with Gasteiger partial charge in [0.1, 0.15) is 0 Å². The zero-order valence-electron chi connectivity index (χ0n) is 9.87. The molecule has 0 radical (unpaired) electrons. The van der Waals surface area contributed by atoms with Gasteiger partial charge in [0.15, 0.2) is 0 Å². The monoisotopic (exact) mass is 265 g/mol. The third-order valence-electron chi connectivity index (χ3n) is 2.56. The van der Waals surface area contributed by atoms with Gasteiger partial charge < -0.3 is 5.32 Å². The molecule has 2 aromatic rings. The minimum absolute atomic E-state index is 0.841. The van der Waals surface area contributed by atoms with Crippen LogP contribution in [0.1, 0.15) is 18.9 Å². The Morgan fingerprint density at radius 3 is 2.88 bits per heavy atom. The van der Waals surface area contributed by atoms with Crippen LogP contribution in [-0.2, 0) is 6.54 Å². The Labute approximate surface area is 111 Å². The van der Waals surface area contributed by atoms with Gasteiger partial charge in [-0.25, -0.2) is 0 Å². The molecule has 1 aromatic heterocycles. The van der Waals surface area contributed by atoms with E-state index in [0.717, 1.165) is 29.4 Å². The van der Waals surface area contributed by atoms with Gasteiger partial charge in [-0.15, -0.1) is 11.3 Å². The molecule has 0 unspecified atom stereocenters. The molecule has 0 aliphatic heterocycles. The van der Waals surface area contributed by atoms with Crippen LogP contribution in [0.5, 0.6) is 0 Å². The maximum atomic E-state index is 6.15. The Kier molecular flexibility index (Phi) is 4.60. The molecular weight excluding hydrogens is 250 g/mol. The van der Waals surface area contributed by atoms with Crippen molar-refractivity contribution in [3.05, 3.63) is 46.3 Å². The molecule has 90 valence electrons. The molecule has 0 atom stereocenters. The maximum Gasteiger partial charge on any atom is 0.0592 e. The zero-order valence-corrected chi connectivity index (χ0v) is 11.4. The van der Waals surface area contributed by atoms with E-state index in [2.05, 4.69) is 36.5 Å². The zero-order chi connectivity index (χ0) is 12.1. The van der Waals surface area contributed by atoms with Crippen molar-refractivity contribution in [2.24, 2.45) is 0 Å². The smallest absolute Gasteiger partial charge is 0.0592 e. The van der Waals surface area contributed by atoms with Crippen molar-refractivity contribution in [2.75, 3.05) is 6.54 Å². The summed E-state index contributed by atoms with van der Waals surface area (Å²) in [6.45, 7) is 4.16. The first-order chi connectivity index (χ1) is 8.31. The number of hydrogen-bond acceptors (Lipinski definition) is 2. The first-order valence-electron chi connectivity index (χ1n) is 5.84. The lowest BCUT2D eigenvalue weighted by molar-refractivity contribution is 0.675. The van der Waals surface area contributed by atoms with Gasteiger partial charge in [0.2, 0.25) is 0 Å². The third kappa shape index (κ3) is 3.32. The Bertz CT molecular complexity index is 479. The van der Waals surface area contributed by atoms with E-state index in [0.29, 0.717) is 0 Å². The summed E-state index contributed by atoms with van der Waals surface area (Å²) in [5, 5.41) is 6.28. The molecule has 2 rings (SSSR count). The second kappa shape index (κ2) is 6.20. The molecule has 0 aliphatic rings. The van der Waals surface area contributed by atoms with Crippen molar-refractivity contribution in [3.63, 3.8) is 0 Å². The van der Waals surface area contributed by atoms with Crippen LogP contribution in [0, 0.1) is 0 Å². The van der Waals surface area contributed by atoms with Crippen molar-refractivity contribution in [3.8, 4) is 10.4 Å². The van der Waals surface area contributed by atoms with Crippen molar-refractivity contribution >= 4 is 22.9 Å². The van der Waals surface area contributed by atoms with Gasteiger partial charge in [0.25, 0.3) is 0 Å². The van der Waals surface area contributed by atoms with Crippen molar-refractivity contribution in [1.29, 1.82) is 0 Å². The molecule has 0 saturated carbocycles. The fourth-order valence-corrected chi connectivity index (χ4v) is 2.90. The fourth-order valence-electron chi connectivity index (χ4n) is 1.73. The van der Waals surface area contributed by atoms with E-state index in [9.17, 15) is 0 Å². The molecule has 0 saturated heterocycles. The number of hydrogen-bond donors (Lipinski definition) is 1. The average Bonchev–Trinajstić information content (AvgIpc) is 2.76. The second-order valence-electron chi connectivity index (χ2n) is 3.97. The second-order valence-corrected chi connectivity index (χ2v) is 5.30. The molecule has 1 nitrogen and oxygen atoms in total. The van der Waals surface area contributed by atoms with Crippen LogP contribution in [0.15, 0.2) is 35.7 Å². The molecular formula is C14H16ClNS. The summed E-state index contributed by atoms with van der Waals surface area (Å²) >= 11 is 7.84. The lowest BCUT2D eigenvalue weighted by Gasteiger charge is -2.05. The molecule has 1 aromatic carbocycles. The van der Waals surface area contributed by atoms with Crippen LogP contribution in [0.3, 0.4) is 0 Å². The summed E-state index contributed by atoms with van der Waals surface area (Å²) in [7, 11) is 0. The van der Waals surface area contributed by atoms with Crippen molar-refractivity contribution < 1.29 is 0 Å². The van der Waals surface area contributed by atoms with Gasteiger partial charge in [-0.3, -0.25) is 0 Å². The minimum Gasteiger partial charge on any atom is -0.313 e. The van der Waals surface area contributed by atoms with Gasteiger partial charge in [0.05, 0.1) is 9.90 Å². The summed E-state index contributed by atoms with van der Waals surface area (Å²) in [5.74, 6) is 0. The molecule has 0 spiro atoms. The number of thiophene rings is 1. The fraction of sp³-hybridized carbons (Fsp3) is 0.286. The van der Waals surface area contributed by atoms with Gasteiger partial charge in [-0.1, -0.05) is 36.7 Å². The molecule has 1 N–H and O–H groups in total.